The summed E-state index contributed by atoms with van der Waals surface area (Å²) in [6.45, 7) is 12.2. The fraction of sp³-hybridized carbons (Fsp3) is 0.348. The molecule has 0 spiro atoms. The van der Waals surface area contributed by atoms with Crippen molar-refractivity contribution in [3.8, 4) is 11.5 Å². The van der Waals surface area contributed by atoms with E-state index in [2.05, 4.69) is 4.98 Å². The second kappa shape index (κ2) is 8.05. The summed E-state index contributed by atoms with van der Waals surface area (Å²) in [7, 11) is -0.414. The third kappa shape index (κ3) is 4.23. The maximum atomic E-state index is 6.14. The third-order valence-electron chi connectivity index (χ3n) is 5.36. The molecule has 152 valence electrons. The van der Waals surface area contributed by atoms with E-state index in [1.165, 1.54) is 0 Å². The number of nitrogens with zero attached hydrogens (tertiary/aromatic N) is 1. The Bertz CT molecular complexity index is 971. The topological polar surface area (TPSA) is 66.6 Å². The van der Waals surface area contributed by atoms with Gasteiger partial charge in [-0.2, -0.15) is 0 Å². The first-order chi connectivity index (χ1) is 13.7. The summed E-state index contributed by atoms with van der Waals surface area (Å²) in [4.78, 5) is 4.49. The fourth-order valence-electron chi connectivity index (χ4n) is 3.02. The minimum Gasteiger partial charge on any atom is -0.457 e. The van der Waals surface area contributed by atoms with Crippen LogP contribution < -0.4 is 15.9 Å². The molecule has 5 nitrogen and oxygen atoms in total. The number of nitrogen functional groups attached to an aromatic ring is 1. The van der Waals surface area contributed by atoms with Gasteiger partial charge in [0, 0.05) is 17.3 Å². The molecule has 1 aliphatic rings. The van der Waals surface area contributed by atoms with Crippen molar-refractivity contribution in [3.05, 3.63) is 54.7 Å². The van der Waals surface area contributed by atoms with Crippen LogP contribution in [0.5, 0.6) is 11.5 Å². The van der Waals surface area contributed by atoms with E-state index < -0.39 is 7.12 Å². The van der Waals surface area contributed by atoms with Crippen molar-refractivity contribution in [1.29, 1.82) is 0 Å². The Balaban J connectivity index is 0.00000117. The summed E-state index contributed by atoms with van der Waals surface area (Å²) in [6.07, 6.45) is 1.74. The van der Waals surface area contributed by atoms with Crippen LogP contribution in [0, 0.1) is 0 Å². The highest BCUT2D eigenvalue weighted by Gasteiger charge is 2.51. The third-order valence-corrected chi connectivity index (χ3v) is 5.36. The van der Waals surface area contributed by atoms with Crippen molar-refractivity contribution in [2.45, 2.75) is 52.7 Å². The number of aromatic nitrogens is 1. The van der Waals surface area contributed by atoms with E-state index in [9.17, 15) is 0 Å². The number of anilines is 1. The molecule has 1 fully saturated rings. The number of hydrogen-bond donors (Lipinski definition) is 1. The number of benzene rings is 2. The fourth-order valence-corrected chi connectivity index (χ4v) is 3.02. The zero-order valence-corrected chi connectivity index (χ0v) is 18.0. The number of hydrogen-bond acceptors (Lipinski definition) is 5. The molecule has 3 aromatic rings. The molecule has 0 bridgehead atoms. The van der Waals surface area contributed by atoms with Crippen molar-refractivity contribution in [2.75, 3.05) is 5.73 Å². The molecule has 1 saturated heterocycles. The monoisotopic (exact) mass is 392 g/mol. The first-order valence-electron chi connectivity index (χ1n) is 10.0. The summed E-state index contributed by atoms with van der Waals surface area (Å²) < 4.78 is 18.3. The van der Waals surface area contributed by atoms with Gasteiger partial charge < -0.3 is 19.8 Å². The van der Waals surface area contributed by atoms with Gasteiger partial charge in [-0.25, -0.2) is 0 Å². The van der Waals surface area contributed by atoms with E-state index >= 15 is 0 Å². The highest BCUT2D eigenvalue weighted by molar-refractivity contribution is 6.62. The Labute approximate surface area is 173 Å². The molecule has 0 saturated carbocycles. The number of fused-ring (bicyclic) bond motifs is 1. The van der Waals surface area contributed by atoms with Crippen LogP contribution in [0.3, 0.4) is 0 Å². The van der Waals surface area contributed by atoms with Crippen LogP contribution in [-0.4, -0.2) is 23.3 Å². The first kappa shape index (κ1) is 21.2. The molecule has 0 radical (unpaired) electrons. The molecule has 0 amide bonds. The van der Waals surface area contributed by atoms with Crippen LogP contribution >= 0.6 is 0 Å². The lowest BCUT2D eigenvalue weighted by molar-refractivity contribution is 0.00578. The number of nitrogens with two attached hydrogens (primary N) is 1. The Kier molecular flexibility index (Phi) is 5.87. The molecule has 0 atom stereocenters. The van der Waals surface area contributed by atoms with E-state index in [1.54, 1.807) is 6.20 Å². The molecule has 0 aliphatic carbocycles. The Morgan fingerprint density at radius 1 is 0.897 bits per heavy atom. The van der Waals surface area contributed by atoms with Crippen molar-refractivity contribution in [3.63, 3.8) is 0 Å². The molecule has 29 heavy (non-hydrogen) atoms. The van der Waals surface area contributed by atoms with Gasteiger partial charge in [-0.05, 0) is 75.6 Å². The second-order valence-corrected chi connectivity index (χ2v) is 7.85. The Morgan fingerprint density at radius 2 is 1.52 bits per heavy atom. The van der Waals surface area contributed by atoms with E-state index in [-0.39, 0.29) is 11.2 Å². The normalized spacial score (nSPS) is 17.0. The van der Waals surface area contributed by atoms with Crippen molar-refractivity contribution in [1.82, 2.24) is 4.98 Å². The van der Waals surface area contributed by atoms with Gasteiger partial charge in [0.15, 0.2) is 0 Å². The van der Waals surface area contributed by atoms with E-state index in [0.717, 1.165) is 27.9 Å². The minimum absolute atomic E-state index is 0.375. The molecule has 2 N–H and O–H groups in total. The van der Waals surface area contributed by atoms with Crippen molar-refractivity contribution < 1.29 is 14.0 Å². The lowest BCUT2D eigenvalue weighted by atomic mass is 9.78. The maximum absolute atomic E-state index is 6.14. The van der Waals surface area contributed by atoms with Crippen LogP contribution in [0.15, 0.2) is 54.7 Å². The van der Waals surface area contributed by atoms with Crippen LogP contribution in [0.25, 0.3) is 10.9 Å². The van der Waals surface area contributed by atoms with E-state index in [4.69, 9.17) is 19.8 Å². The number of pyridine rings is 1. The van der Waals surface area contributed by atoms with Gasteiger partial charge in [0.25, 0.3) is 0 Å². The average molecular weight is 392 g/mol. The summed E-state index contributed by atoms with van der Waals surface area (Å²) in [5.74, 6) is 1.47. The summed E-state index contributed by atoms with van der Waals surface area (Å²) in [5.41, 5.74) is 7.46. The standard InChI is InChI=1S/C21H23BN2O3.C2H6/c1-20(2)21(3,4)27-22(26-20)14-5-10-17-18(13-14)24-12-11-19(17)25-16-8-6-15(23)7-9-16;1-2/h5-13H,23H2,1-4H3;1-2H3. The molecule has 6 heteroatoms. The van der Waals surface area contributed by atoms with Crippen molar-refractivity contribution >= 4 is 29.2 Å². The zero-order valence-electron chi connectivity index (χ0n) is 18.0. The van der Waals surface area contributed by atoms with Gasteiger partial charge in [0.1, 0.15) is 11.5 Å². The molecule has 2 heterocycles. The largest absolute Gasteiger partial charge is 0.494 e. The molecule has 1 aliphatic heterocycles. The summed E-state index contributed by atoms with van der Waals surface area (Å²) >= 11 is 0. The van der Waals surface area contributed by atoms with Gasteiger partial charge in [0.05, 0.1) is 16.7 Å². The number of rotatable bonds is 3. The van der Waals surface area contributed by atoms with Gasteiger partial charge in [0.2, 0.25) is 0 Å². The highest BCUT2D eigenvalue weighted by Crippen LogP contribution is 2.37. The highest BCUT2D eigenvalue weighted by atomic mass is 16.7. The lowest BCUT2D eigenvalue weighted by Crippen LogP contribution is -2.41. The Morgan fingerprint density at radius 3 is 2.14 bits per heavy atom. The molecule has 2 aromatic carbocycles. The average Bonchev–Trinajstić information content (AvgIpc) is 2.92. The van der Waals surface area contributed by atoms with Gasteiger partial charge in [-0.15, -0.1) is 0 Å². The zero-order chi connectivity index (χ0) is 21.2. The predicted octanol–water partition coefficient (Wildman–Crippen LogP) is 4.93. The molecular weight excluding hydrogens is 363 g/mol. The maximum Gasteiger partial charge on any atom is 0.494 e. The molecule has 4 rings (SSSR count). The van der Waals surface area contributed by atoms with Crippen LogP contribution in [-0.2, 0) is 9.31 Å². The van der Waals surface area contributed by atoms with Gasteiger partial charge in [-0.3, -0.25) is 4.98 Å². The number of ether oxygens (including phenoxy) is 1. The van der Waals surface area contributed by atoms with Crippen LogP contribution in [0.2, 0.25) is 0 Å². The van der Waals surface area contributed by atoms with E-state index in [0.29, 0.717) is 5.69 Å². The summed E-state index contributed by atoms with van der Waals surface area (Å²) in [6, 6.07) is 15.2. The van der Waals surface area contributed by atoms with Crippen LogP contribution in [0.1, 0.15) is 41.5 Å². The summed E-state index contributed by atoms with van der Waals surface area (Å²) in [5, 5.41) is 0.926. The minimum atomic E-state index is -0.414. The smallest absolute Gasteiger partial charge is 0.457 e. The molecule has 0 unspecified atom stereocenters. The van der Waals surface area contributed by atoms with Crippen LogP contribution in [0.4, 0.5) is 5.69 Å². The van der Waals surface area contributed by atoms with Gasteiger partial charge >= 0.3 is 7.12 Å². The predicted molar refractivity (Wildman–Crippen MR) is 120 cm³/mol. The second-order valence-electron chi connectivity index (χ2n) is 7.85. The molecular formula is C23H29BN2O3. The lowest BCUT2D eigenvalue weighted by Gasteiger charge is -2.32. The van der Waals surface area contributed by atoms with E-state index in [1.807, 2.05) is 90.1 Å². The Hall–Kier alpha value is -2.57. The first-order valence-corrected chi connectivity index (χ1v) is 10.0. The molecule has 1 aromatic heterocycles. The SMILES string of the molecule is CC.CC1(C)OB(c2ccc3c(Oc4ccc(N)cc4)ccnc3c2)OC1(C)C. The quantitative estimate of drug-likeness (QED) is 0.506. The van der Waals surface area contributed by atoms with Crippen molar-refractivity contribution in [2.24, 2.45) is 0 Å². The van der Waals surface area contributed by atoms with Gasteiger partial charge in [-0.1, -0.05) is 19.9 Å².